The van der Waals surface area contributed by atoms with Gasteiger partial charge in [-0.05, 0) is 12.5 Å². The van der Waals surface area contributed by atoms with E-state index in [9.17, 15) is 0 Å². The molecule has 0 spiro atoms. The molecule has 0 saturated carbocycles. The van der Waals surface area contributed by atoms with Gasteiger partial charge in [0.25, 0.3) is 0 Å². The lowest BCUT2D eigenvalue weighted by atomic mass is 10.2. The quantitative estimate of drug-likeness (QED) is 0.536. The van der Waals surface area contributed by atoms with E-state index in [4.69, 9.17) is 4.11 Å². The fraction of sp³-hybridized carbons (Fsp3) is 0.111. The molecule has 0 aliphatic carbocycles. The summed E-state index contributed by atoms with van der Waals surface area (Å²) in [5.74, 6) is 0. The highest BCUT2D eigenvalue weighted by Gasteiger charge is 1.77. The van der Waals surface area contributed by atoms with Crippen LogP contribution in [0.3, 0.4) is 0 Å². The van der Waals surface area contributed by atoms with Gasteiger partial charge in [-0.15, -0.1) is 0 Å². The zero-order valence-corrected chi connectivity index (χ0v) is 5.09. The predicted octanol–water partition coefficient (Wildman–Crippen LogP) is 2.72. The van der Waals surface area contributed by atoms with Crippen LogP contribution >= 0.6 is 0 Å². The van der Waals surface area contributed by atoms with Crippen molar-refractivity contribution in [3.63, 3.8) is 0 Å². The number of hydrogen-bond donors (Lipinski definition) is 0. The molecule has 0 unspecified atom stereocenters. The summed E-state index contributed by atoms with van der Waals surface area (Å²) in [5, 5.41) is 0. The Kier molecular flexibility index (Phi) is 1.10. The van der Waals surface area contributed by atoms with Crippen molar-refractivity contribution in [2.75, 3.05) is 0 Å². The Balaban J connectivity index is 3.00. The first kappa shape index (κ1) is 3.21. The van der Waals surface area contributed by atoms with Crippen LogP contribution in [-0.4, -0.2) is 0 Å². The van der Waals surface area contributed by atoms with E-state index in [2.05, 4.69) is 0 Å². The molecule has 0 atom stereocenters. The summed E-state index contributed by atoms with van der Waals surface area (Å²) in [6.07, 6.45) is 0. The van der Waals surface area contributed by atoms with Gasteiger partial charge in [0, 0.05) is 1.37 Å². The monoisotopic (exact) mass is 121 g/mol. The fourth-order valence-corrected chi connectivity index (χ4v) is 0.624. The molecule has 0 nitrogen and oxygen atoms in total. The standard InChI is InChI=1S/C9H10/c1-2-6-9-7-4-3-5-8-9/h2-8H,1H3/b6-2+/i1D,2D,6D. The molecule has 0 saturated heterocycles. The molecule has 0 amide bonds. The van der Waals surface area contributed by atoms with E-state index in [1.54, 1.807) is 12.1 Å². The number of hydrogen-bond acceptors (Lipinski definition) is 0. The van der Waals surface area contributed by atoms with Crippen molar-refractivity contribution in [3.05, 3.63) is 41.9 Å². The van der Waals surface area contributed by atoms with Gasteiger partial charge in [0.05, 0.1) is 2.74 Å². The normalized spacial score (nSPS) is 17.1. The second-order valence-electron chi connectivity index (χ2n) is 1.67. The van der Waals surface area contributed by atoms with E-state index in [0.29, 0.717) is 5.56 Å². The molecular formula is C9H10. The Morgan fingerprint density at radius 3 is 2.89 bits per heavy atom. The average Bonchev–Trinajstić information content (AvgIpc) is 2.17. The molecule has 0 bridgehead atoms. The Labute approximate surface area is 60.1 Å². The minimum absolute atomic E-state index is 0.0567. The van der Waals surface area contributed by atoms with Crippen molar-refractivity contribution >= 4 is 6.05 Å². The van der Waals surface area contributed by atoms with Crippen LogP contribution in [0.25, 0.3) is 6.05 Å². The second-order valence-corrected chi connectivity index (χ2v) is 1.67. The largest absolute Gasteiger partial charge is 0.0871 e. The zero-order chi connectivity index (χ0) is 8.97. The first-order valence-corrected chi connectivity index (χ1v) is 2.76. The summed E-state index contributed by atoms with van der Waals surface area (Å²) in [6, 6.07) is 9.24. The van der Waals surface area contributed by atoms with Crippen LogP contribution < -0.4 is 0 Å². The Morgan fingerprint density at radius 2 is 2.22 bits per heavy atom. The van der Waals surface area contributed by atoms with Crippen LogP contribution in [-0.2, 0) is 0 Å². The zero-order valence-electron chi connectivity index (χ0n) is 8.09. The van der Waals surface area contributed by atoms with Gasteiger partial charge in [-0.3, -0.25) is 0 Å². The molecule has 0 radical (unpaired) electrons. The highest BCUT2D eigenvalue weighted by molar-refractivity contribution is 5.47. The van der Waals surface area contributed by atoms with Crippen LogP contribution in [0.5, 0.6) is 0 Å². The summed E-state index contributed by atoms with van der Waals surface area (Å²) in [7, 11) is 0. The van der Waals surface area contributed by atoms with Gasteiger partial charge >= 0.3 is 0 Å². The van der Waals surface area contributed by atoms with E-state index in [1.165, 1.54) is 0 Å². The molecule has 0 fully saturated rings. The second kappa shape index (κ2) is 3.08. The van der Waals surface area contributed by atoms with E-state index in [1.807, 2.05) is 18.2 Å². The Morgan fingerprint density at radius 1 is 1.44 bits per heavy atom. The van der Waals surface area contributed by atoms with Crippen LogP contribution in [0, 0.1) is 0 Å². The van der Waals surface area contributed by atoms with Crippen molar-refractivity contribution in [3.8, 4) is 0 Å². The molecule has 46 valence electrons. The maximum atomic E-state index is 7.49. The van der Waals surface area contributed by atoms with E-state index in [-0.39, 0.29) is 19.0 Å². The third-order valence-electron chi connectivity index (χ3n) is 1.01. The van der Waals surface area contributed by atoms with Gasteiger partial charge in [0.2, 0.25) is 0 Å². The average molecular weight is 121 g/mol. The summed E-state index contributed by atoms with van der Waals surface area (Å²) < 4.78 is 21.7. The lowest BCUT2D eigenvalue weighted by Crippen LogP contribution is -1.65. The van der Waals surface area contributed by atoms with Crippen molar-refractivity contribution in [1.29, 1.82) is 0 Å². The highest BCUT2D eigenvalue weighted by Crippen LogP contribution is 1.99. The molecule has 0 N–H and O–H groups in total. The molecular weight excluding hydrogens is 108 g/mol. The third-order valence-corrected chi connectivity index (χ3v) is 1.01. The molecule has 0 aromatic heterocycles. The van der Waals surface area contributed by atoms with Gasteiger partial charge in [0.1, 0.15) is 0 Å². The van der Waals surface area contributed by atoms with E-state index >= 15 is 0 Å². The molecule has 0 aliphatic heterocycles. The molecule has 1 aromatic rings. The topological polar surface area (TPSA) is 0 Å². The maximum Gasteiger partial charge on any atom is 0.0626 e. The van der Waals surface area contributed by atoms with Crippen LogP contribution in [0.15, 0.2) is 36.4 Å². The predicted molar refractivity (Wildman–Crippen MR) is 41.2 cm³/mol. The fourth-order valence-electron chi connectivity index (χ4n) is 0.624. The lowest BCUT2D eigenvalue weighted by molar-refractivity contribution is 1.64. The SMILES string of the molecule is [2H]C/C([2H])=C(\[2H])c1ccccc1. The number of allylic oxidation sites excluding steroid dienone is 1. The van der Waals surface area contributed by atoms with Crippen molar-refractivity contribution in [2.24, 2.45) is 0 Å². The van der Waals surface area contributed by atoms with Crippen molar-refractivity contribution in [2.45, 2.75) is 6.90 Å². The number of benzene rings is 1. The molecule has 1 aromatic carbocycles. The van der Waals surface area contributed by atoms with Crippen LogP contribution in [0.4, 0.5) is 0 Å². The van der Waals surface area contributed by atoms with E-state index in [0.717, 1.165) is 0 Å². The number of rotatable bonds is 1. The van der Waals surface area contributed by atoms with Crippen LogP contribution in [0.1, 0.15) is 16.6 Å². The Hall–Kier alpha value is -1.04. The lowest BCUT2D eigenvalue weighted by Gasteiger charge is -1.86. The first-order valence-electron chi connectivity index (χ1n) is 4.47. The maximum absolute atomic E-state index is 7.49. The minimum atomic E-state index is -0.131. The smallest absolute Gasteiger partial charge is 0.0626 e. The van der Waals surface area contributed by atoms with E-state index < -0.39 is 0 Å². The highest BCUT2D eigenvalue weighted by atomic mass is 13.8. The summed E-state index contributed by atoms with van der Waals surface area (Å²) in [4.78, 5) is 0. The van der Waals surface area contributed by atoms with Crippen molar-refractivity contribution < 1.29 is 4.11 Å². The molecule has 0 aliphatic rings. The third kappa shape index (κ3) is 1.73. The molecule has 1 rings (SSSR count). The summed E-state index contributed by atoms with van der Waals surface area (Å²) >= 11 is 0. The van der Waals surface area contributed by atoms with Gasteiger partial charge in [-0.1, -0.05) is 42.4 Å². The first-order chi connectivity index (χ1) is 5.75. The minimum Gasteiger partial charge on any atom is -0.0871 e. The van der Waals surface area contributed by atoms with Gasteiger partial charge in [0.15, 0.2) is 0 Å². The van der Waals surface area contributed by atoms with Gasteiger partial charge in [-0.2, -0.15) is 0 Å². The summed E-state index contributed by atoms with van der Waals surface area (Å²) in [5.41, 5.74) is 0.703. The van der Waals surface area contributed by atoms with Crippen LogP contribution in [0.2, 0.25) is 0 Å². The summed E-state index contributed by atoms with van der Waals surface area (Å²) in [6.45, 7) is -0.131. The Bertz CT molecular complexity index is 277. The molecule has 9 heavy (non-hydrogen) atoms. The van der Waals surface area contributed by atoms with Gasteiger partial charge < -0.3 is 0 Å². The van der Waals surface area contributed by atoms with Gasteiger partial charge in [-0.25, -0.2) is 0 Å². The molecule has 0 heterocycles. The van der Waals surface area contributed by atoms with Crippen molar-refractivity contribution in [1.82, 2.24) is 0 Å². The molecule has 0 heteroatoms.